The van der Waals surface area contributed by atoms with E-state index in [0.717, 1.165) is 29.1 Å². The first kappa shape index (κ1) is 17.0. The first-order valence-corrected chi connectivity index (χ1v) is 8.36. The number of aromatic nitrogens is 1. The molecule has 0 spiro atoms. The number of carboxylic acid groups (broad SMARTS) is 1. The van der Waals surface area contributed by atoms with Gasteiger partial charge < -0.3 is 14.8 Å². The number of H-pyrrole nitrogens is 1. The van der Waals surface area contributed by atoms with Crippen molar-refractivity contribution in [1.29, 1.82) is 0 Å². The number of hydrogen-bond acceptors (Lipinski definition) is 4. The Morgan fingerprint density at radius 1 is 1.30 bits per heavy atom. The van der Waals surface area contributed by atoms with E-state index in [1.54, 1.807) is 7.11 Å². The second-order valence-corrected chi connectivity index (χ2v) is 6.83. The fourth-order valence-electron chi connectivity index (χ4n) is 2.15. The van der Waals surface area contributed by atoms with Crippen LogP contribution in [0.1, 0.15) is 21.6 Å². The second kappa shape index (κ2) is 6.84. The molecule has 23 heavy (non-hydrogen) atoms. The van der Waals surface area contributed by atoms with E-state index in [9.17, 15) is 13.2 Å². The van der Waals surface area contributed by atoms with Crippen molar-refractivity contribution in [3.63, 3.8) is 0 Å². The number of aromatic amines is 1. The van der Waals surface area contributed by atoms with Crippen LogP contribution in [0.5, 0.6) is 5.75 Å². The Bertz CT molecular complexity index is 811. The molecule has 2 aromatic rings. The van der Waals surface area contributed by atoms with Gasteiger partial charge in [-0.1, -0.05) is 6.07 Å². The van der Waals surface area contributed by atoms with Crippen molar-refractivity contribution in [3.05, 3.63) is 47.3 Å². The molecule has 1 heterocycles. The molecule has 0 amide bonds. The minimum Gasteiger partial charge on any atom is -0.497 e. The number of aryl methyl sites for hydroxylation is 1. The highest BCUT2D eigenvalue weighted by Crippen LogP contribution is 2.17. The number of hydrogen-bond donors (Lipinski definition) is 3. The highest BCUT2D eigenvalue weighted by atomic mass is 32.2. The van der Waals surface area contributed by atoms with E-state index < -0.39 is 16.0 Å². The predicted octanol–water partition coefficient (Wildman–Crippen LogP) is 1.55. The lowest BCUT2D eigenvalue weighted by molar-refractivity contribution is 0.0691. The summed E-state index contributed by atoms with van der Waals surface area (Å²) < 4.78 is 31.8. The topological polar surface area (TPSA) is 108 Å². The normalized spacial score (nSPS) is 11.4. The van der Waals surface area contributed by atoms with Crippen molar-refractivity contribution in [2.24, 2.45) is 0 Å². The van der Waals surface area contributed by atoms with Gasteiger partial charge in [0, 0.05) is 12.7 Å². The van der Waals surface area contributed by atoms with Gasteiger partial charge in [-0.3, -0.25) is 0 Å². The van der Waals surface area contributed by atoms with Crippen LogP contribution in [0.25, 0.3) is 0 Å². The molecule has 1 aromatic carbocycles. The van der Waals surface area contributed by atoms with E-state index in [4.69, 9.17) is 9.84 Å². The SMILES string of the molecule is COc1cc(C)cc(CCNS(=O)(=O)c2c[nH]c(C(=O)O)c2)c1. The summed E-state index contributed by atoms with van der Waals surface area (Å²) >= 11 is 0. The van der Waals surface area contributed by atoms with Gasteiger partial charge in [-0.05, 0) is 42.7 Å². The fourth-order valence-corrected chi connectivity index (χ4v) is 3.18. The Morgan fingerprint density at radius 2 is 2.04 bits per heavy atom. The fraction of sp³-hybridized carbons (Fsp3) is 0.267. The number of ether oxygens (including phenoxy) is 1. The summed E-state index contributed by atoms with van der Waals surface area (Å²) in [6.45, 7) is 2.13. The molecule has 0 bridgehead atoms. The van der Waals surface area contributed by atoms with Crippen LogP contribution in [0.2, 0.25) is 0 Å². The molecule has 2 rings (SSSR count). The van der Waals surface area contributed by atoms with Crippen LogP contribution >= 0.6 is 0 Å². The van der Waals surface area contributed by atoms with Crippen LogP contribution < -0.4 is 9.46 Å². The summed E-state index contributed by atoms with van der Waals surface area (Å²) in [6, 6.07) is 6.77. The standard InChI is InChI=1S/C15H18N2O5S/c1-10-5-11(7-12(6-10)22-2)3-4-17-23(20,21)13-8-14(15(18)19)16-9-13/h5-9,16-17H,3-4H2,1-2H3,(H,18,19). The van der Waals surface area contributed by atoms with Crippen LogP contribution in [0, 0.1) is 6.92 Å². The van der Waals surface area contributed by atoms with Crippen molar-refractivity contribution in [2.75, 3.05) is 13.7 Å². The maximum Gasteiger partial charge on any atom is 0.352 e. The van der Waals surface area contributed by atoms with Crippen LogP contribution in [0.3, 0.4) is 0 Å². The lowest BCUT2D eigenvalue weighted by Gasteiger charge is -2.08. The van der Waals surface area contributed by atoms with Gasteiger partial charge in [-0.25, -0.2) is 17.9 Å². The monoisotopic (exact) mass is 338 g/mol. The number of nitrogens with one attached hydrogen (secondary N) is 2. The zero-order valence-electron chi connectivity index (χ0n) is 12.8. The van der Waals surface area contributed by atoms with Gasteiger partial charge in [0.05, 0.1) is 7.11 Å². The molecule has 0 aliphatic rings. The molecule has 8 heteroatoms. The summed E-state index contributed by atoms with van der Waals surface area (Å²) in [7, 11) is -2.17. The number of methoxy groups -OCH3 is 1. The summed E-state index contributed by atoms with van der Waals surface area (Å²) in [4.78, 5) is 13.1. The van der Waals surface area contributed by atoms with E-state index in [2.05, 4.69) is 9.71 Å². The van der Waals surface area contributed by atoms with E-state index >= 15 is 0 Å². The number of carboxylic acids is 1. The maximum atomic E-state index is 12.1. The van der Waals surface area contributed by atoms with Gasteiger partial charge in [0.1, 0.15) is 16.3 Å². The quantitative estimate of drug-likeness (QED) is 0.710. The molecular weight excluding hydrogens is 320 g/mol. The predicted molar refractivity (Wildman–Crippen MR) is 84.4 cm³/mol. The average molecular weight is 338 g/mol. The Kier molecular flexibility index (Phi) is 5.07. The summed E-state index contributed by atoms with van der Waals surface area (Å²) in [5.74, 6) is -0.488. The molecule has 1 aromatic heterocycles. The number of aromatic carboxylic acids is 1. The van der Waals surface area contributed by atoms with Crippen molar-refractivity contribution < 1.29 is 23.1 Å². The average Bonchev–Trinajstić information content (AvgIpc) is 2.97. The van der Waals surface area contributed by atoms with Gasteiger partial charge in [0.2, 0.25) is 10.0 Å². The molecule has 124 valence electrons. The largest absolute Gasteiger partial charge is 0.497 e. The third-order valence-corrected chi connectivity index (χ3v) is 4.69. The van der Waals surface area contributed by atoms with Gasteiger partial charge >= 0.3 is 5.97 Å². The smallest absolute Gasteiger partial charge is 0.352 e. The third-order valence-electron chi connectivity index (χ3n) is 3.25. The molecule has 0 atom stereocenters. The van der Waals surface area contributed by atoms with Crippen molar-refractivity contribution in [2.45, 2.75) is 18.2 Å². The Morgan fingerprint density at radius 3 is 2.65 bits per heavy atom. The van der Waals surface area contributed by atoms with Crippen LogP contribution in [0.4, 0.5) is 0 Å². The molecular formula is C15H18N2O5S. The van der Waals surface area contributed by atoms with Crippen LogP contribution in [-0.4, -0.2) is 38.1 Å². The Balaban J connectivity index is 2.02. The lowest BCUT2D eigenvalue weighted by Crippen LogP contribution is -2.25. The summed E-state index contributed by atoms with van der Waals surface area (Å²) in [5.41, 5.74) is 1.80. The first-order chi connectivity index (χ1) is 10.8. The minimum absolute atomic E-state index is 0.100. The summed E-state index contributed by atoms with van der Waals surface area (Å²) in [6.07, 6.45) is 1.65. The highest BCUT2D eigenvalue weighted by Gasteiger charge is 2.17. The third kappa shape index (κ3) is 4.33. The number of benzene rings is 1. The van der Waals surface area contributed by atoms with Crippen molar-refractivity contribution >= 4 is 16.0 Å². The molecule has 0 radical (unpaired) electrons. The molecule has 0 saturated carbocycles. The molecule has 0 aliphatic heterocycles. The molecule has 0 fully saturated rings. The number of sulfonamides is 1. The van der Waals surface area contributed by atoms with Gasteiger partial charge in [0.25, 0.3) is 0 Å². The second-order valence-electron chi connectivity index (χ2n) is 5.06. The molecule has 7 nitrogen and oxygen atoms in total. The van der Waals surface area contributed by atoms with Gasteiger partial charge in [-0.2, -0.15) is 0 Å². The van der Waals surface area contributed by atoms with Crippen LogP contribution in [0.15, 0.2) is 35.4 Å². The van der Waals surface area contributed by atoms with Crippen molar-refractivity contribution in [1.82, 2.24) is 9.71 Å². The molecule has 0 unspecified atom stereocenters. The zero-order valence-corrected chi connectivity index (χ0v) is 13.6. The van der Waals surface area contributed by atoms with Crippen LogP contribution in [-0.2, 0) is 16.4 Å². The van der Waals surface area contributed by atoms with Gasteiger partial charge in [-0.15, -0.1) is 0 Å². The minimum atomic E-state index is -3.74. The maximum absolute atomic E-state index is 12.1. The van der Waals surface area contributed by atoms with E-state index in [1.165, 1.54) is 0 Å². The van der Waals surface area contributed by atoms with Gasteiger partial charge in [0.15, 0.2) is 0 Å². The molecule has 0 saturated heterocycles. The Hall–Kier alpha value is -2.32. The van der Waals surface area contributed by atoms with E-state index in [1.807, 2.05) is 25.1 Å². The Labute approximate surface area is 134 Å². The number of carbonyl (C=O) groups is 1. The molecule has 3 N–H and O–H groups in total. The highest BCUT2D eigenvalue weighted by molar-refractivity contribution is 7.89. The van der Waals surface area contributed by atoms with Crippen molar-refractivity contribution in [3.8, 4) is 5.75 Å². The van der Waals surface area contributed by atoms with E-state index in [0.29, 0.717) is 6.42 Å². The summed E-state index contributed by atoms with van der Waals surface area (Å²) in [5, 5.41) is 8.81. The first-order valence-electron chi connectivity index (χ1n) is 6.88. The lowest BCUT2D eigenvalue weighted by atomic mass is 10.1. The van der Waals surface area contributed by atoms with E-state index in [-0.39, 0.29) is 17.1 Å². The zero-order chi connectivity index (χ0) is 17.0. The number of rotatable bonds is 7. The molecule has 0 aliphatic carbocycles.